The molecule has 3 aromatic carbocycles. The maximum atomic E-state index is 12.6. The Hall–Kier alpha value is -3.12. The van der Waals surface area contributed by atoms with Gasteiger partial charge in [-0.2, -0.15) is 0 Å². The Morgan fingerprint density at radius 1 is 0.938 bits per heavy atom. The molecule has 0 saturated carbocycles. The van der Waals surface area contributed by atoms with Gasteiger partial charge in [0.25, 0.3) is 5.91 Å². The molecular formula is C26H30N2O3S. The Morgan fingerprint density at radius 2 is 1.56 bits per heavy atom. The third-order valence-electron chi connectivity index (χ3n) is 5.52. The van der Waals surface area contributed by atoms with Gasteiger partial charge in [-0.15, -0.1) is 0 Å². The highest BCUT2D eigenvalue weighted by Crippen LogP contribution is 2.25. The predicted molar refractivity (Wildman–Crippen MR) is 130 cm³/mol. The van der Waals surface area contributed by atoms with E-state index in [0.717, 1.165) is 17.5 Å². The number of benzene rings is 3. The summed E-state index contributed by atoms with van der Waals surface area (Å²) in [6.45, 7) is 4.83. The van der Waals surface area contributed by atoms with Crippen molar-refractivity contribution < 1.29 is 13.2 Å². The molecule has 1 amide bonds. The van der Waals surface area contributed by atoms with Gasteiger partial charge in [0.05, 0.1) is 18.5 Å². The Kier molecular flexibility index (Phi) is 7.70. The Labute approximate surface area is 191 Å². The molecule has 1 N–H and O–H groups in total. The van der Waals surface area contributed by atoms with Gasteiger partial charge in [-0.05, 0) is 47.2 Å². The number of amides is 1. The van der Waals surface area contributed by atoms with Gasteiger partial charge in [-0.1, -0.05) is 74.5 Å². The van der Waals surface area contributed by atoms with Crippen molar-refractivity contribution in [2.75, 3.05) is 17.1 Å². The zero-order valence-electron chi connectivity index (χ0n) is 18.8. The molecule has 0 saturated heterocycles. The van der Waals surface area contributed by atoms with Crippen molar-refractivity contribution >= 4 is 21.6 Å². The molecule has 168 valence electrons. The van der Waals surface area contributed by atoms with Gasteiger partial charge in [0.15, 0.2) is 0 Å². The maximum Gasteiger partial charge on any atom is 0.251 e. The topological polar surface area (TPSA) is 66.5 Å². The molecule has 0 unspecified atom stereocenters. The van der Waals surface area contributed by atoms with E-state index in [2.05, 4.69) is 24.4 Å². The Morgan fingerprint density at radius 3 is 2.19 bits per heavy atom. The standard InChI is InChI=1S/C26H30N2O3S/c1-4-22-10-8-9-13-25(22)28(32(3,30)31)19-21-14-16-24(17-15-21)26(29)27-18-20(2)23-11-6-5-7-12-23/h5-17,20H,4,18-19H2,1-3H3,(H,27,29)/t20-/m1/s1. The zero-order valence-corrected chi connectivity index (χ0v) is 19.6. The Bertz CT molecular complexity index is 1140. The van der Waals surface area contributed by atoms with E-state index in [1.54, 1.807) is 12.1 Å². The van der Waals surface area contributed by atoms with Gasteiger partial charge in [-0.3, -0.25) is 9.10 Å². The molecule has 0 aliphatic rings. The summed E-state index contributed by atoms with van der Waals surface area (Å²) in [6, 6.07) is 24.7. The summed E-state index contributed by atoms with van der Waals surface area (Å²) in [6.07, 6.45) is 1.96. The molecule has 1 atom stereocenters. The second-order valence-corrected chi connectivity index (χ2v) is 9.88. The second-order valence-electron chi connectivity index (χ2n) is 7.97. The third kappa shape index (κ3) is 5.98. The first-order valence-corrected chi connectivity index (χ1v) is 12.6. The number of sulfonamides is 1. The molecule has 6 heteroatoms. The summed E-state index contributed by atoms with van der Waals surface area (Å²) in [4.78, 5) is 12.6. The summed E-state index contributed by atoms with van der Waals surface area (Å²) in [7, 11) is -3.47. The molecule has 0 bridgehead atoms. The highest BCUT2D eigenvalue weighted by Gasteiger charge is 2.20. The van der Waals surface area contributed by atoms with Crippen LogP contribution in [-0.2, 0) is 23.0 Å². The van der Waals surface area contributed by atoms with Crippen molar-refractivity contribution in [2.24, 2.45) is 0 Å². The number of hydrogen-bond donors (Lipinski definition) is 1. The number of carbonyl (C=O) groups excluding carboxylic acids is 1. The smallest absolute Gasteiger partial charge is 0.251 e. The number of anilines is 1. The van der Waals surface area contributed by atoms with Gasteiger partial charge in [0.1, 0.15) is 0 Å². The molecule has 0 aromatic heterocycles. The first-order valence-electron chi connectivity index (χ1n) is 10.8. The highest BCUT2D eigenvalue weighted by molar-refractivity contribution is 7.92. The number of aryl methyl sites for hydroxylation is 1. The van der Waals surface area contributed by atoms with Crippen molar-refractivity contribution in [3.05, 3.63) is 101 Å². The van der Waals surface area contributed by atoms with Gasteiger partial charge >= 0.3 is 0 Å². The monoisotopic (exact) mass is 450 g/mol. The van der Waals surface area contributed by atoms with Crippen LogP contribution in [0.1, 0.15) is 46.8 Å². The quantitative estimate of drug-likeness (QED) is 0.512. The maximum absolute atomic E-state index is 12.6. The number of carbonyl (C=O) groups is 1. The molecule has 0 aliphatic heterocycles. The number of rotatable bonds is 9. The fourth-order valence-electron chi connectivity index (χ4n) is 3.61. The lowest BCUT2D eigenvalue weighted by molar-refractivity contribution is 0.0951. The number of nitrogens with zero attached hydrogens (tertiary/aromatic N) is 1. The minimum atomic E-state index is -3.47. The number of para-hydroxylation sites is 1. The zero-order chi connectivity index (χ0) is 23.1. The third-order valence-corrected chi connectivity index (χ3v) is 6.65. The summed E-state index contributed by atoms with van der Waals surface area (Å²) < 4.78 is 26.4. The van der Waals surface area contributed by atoms with E-state index >= 15 is 0 Å². The van der Waals surface area contributed by atoms with Crippen molar-refractivity contribution in [1.82, 2.24) is 5.32 Å². The van der Waals surface area contributed by atoms with Crippen LogP contribution >= 0.6 is 0 Å². The van der Waals surface area contributed by atoms with Crippen molar-refractivity contribution in [1.29, 1.82) is 0 Å². The molecule has 0 aliphatic carbocycles. The molecule has 0 spiro atoms. The van der Waals surface area contributed by atoms with Crippen LogP contribution in [-0.4, -0.2) is 27.1 Å². The van der Waals surface area contributed by atoms with Crippen LogP contribution in [0, 0.1) is 0 Å². The van der Waals surface area contributed by atoms with Crippen LogP contribution in [0.2, 0.25) is 0 Å². The molecular weight excluding hydrogens is 420 g/mol. The van der Waals surface area contributed by atoms with Crippen LogP contribution in [0.4, 0.5) is 5.69 Å². The van der Waals surface area contributed by atoms with Crippen LogP contribution in [0.5, 0.6) is 0 Å². The molecule has 3 aromatic rings. The van der Waals surface area contributed by atoms with Crippen LogP contribution in [0.3, 0.4) is 0 Å². The lowest BCUT2D eigenvalue weighted by atomic mass is 10.0. The molecule has 5 nitrogen and oxygen atoms in total. The molecule has 0 radical (unpaired) electrons. The van der Waals surface area contributed by atoms with E-state index in [9.17, 15) is 13.2 Å². The molecule has 3 rings (SSSR count). The van der Waals surface area contributed by atoms with Crippen LogP contribution < -0.4 is 9.62 Å². The predicted octanol–water partition coefficient (Wildman–Crippen LogP) is 4.75. The highest BCUT2D eigenvalue weighted by atomic mass is 32.2. The number of hydrogen-bond acceptors (Lipinski definition) is 3. The lowest BCUT2D eigenvalue weighted by Gasteiger charge is -2.25. The fourth-order valence-corrected chi connectivity index (χ4v) is 4.53. The second kappa shape index (κ2) is 10.5. The minimum absolute atomic E-state index is 0.143. The fraction of sp³-hybridized carbons (Fsp3) is 0.269. The normalized spacial score (nSPS) is 12.2. The Balaban J connectivity index is 1.69. The largest absolute Gasteiger partial charge is 0.351 e. The van der Waals surface area contributed by atoms with Gasteiger partial charge in [0, 0.05) is 12.1 Å². The number of nitrogens with one attached hydrogen (secondary N) is 1. The van der Waals surface area contributed by atoms with E-state index < -0.39 is 10.0 Å². The van der Waals surface area contributed by atoms with Gasteiger partial charge in [-0.25, -0.2) is 8.42 Å². The van der Waals surface area contributed by atoms with Crippen molar-refractivity contribution in [3.8, 4) is 0 Å². The first kappa shape index (κ1) is 23.5. The van der Waals surface area contributed by atoms with E-state index in [0.29, 0.717) is 17.8 Å². The van der Waals surface area contributed by atoms with Crippen molar-refractivity contribution in [2.45, 2.75) is 32.7 Å². The summed E-state index contributed by atoms with van der Waals surface area (Å²) in [5.41, 5.74) is 4.21. The van der Waals surface area contributed by atoms with Gasteiger partial charge in [0.2, 0.25) is 10.0 Å². The van der Waals surface area contributed by atoms with Crippen molar-refractivity contribution in [3.63, 3.8) is 0 Å². The van der Waals surface area contributed by atoms with E-state index in [-0.39, 0.29) is 18.4 Å². The average molecular weight is 451 g/mol. The lowest BCUT2D eigenvalue weighted by Crippen LogP contribution is -2.30. The van der Waals surface area contributed by atoms with E-state index in [4.69, 9.17) is 0 Å². The van der Waals surface area contributed by atoms with Crippen LogP contribution in [0.25, 0.3) is 0 Å². The molecule has 32 heavy (non-hydrogen) atoms. The molecule has 0 heterocycles. The van der Waals surface area contributed by atoms with Gasteiger partial charge < -0.3 is 5.32 Å². The minimum Gasteiger partial charge on any atom is -0.351 e. The molecule has 0 fully saturated rings. The first-order chi connectivity index (χ1) is 15.3. The van der Waals surface area contributed by atoms with E-state index in [1.807, 2.05) is 61.5 Å². The van der Waals surface area contributed by atoms with Crippen LogP contribution in [0.15, 0.2) is 78.9 Å². The van der Waals surface area contributed by atoms with E-state index in [1.165, 1.54) is 16.1 Å². The summed E-state index contributed by atoms with van der Waals surface area (Å²) in [5.74, 6) is 0.0667. The SMILES string of the molecule is CCc1ccccc1N(Cc1ccc(C(=O)NC[C@@H](C)c2ccccc2)cc1)S(C)(=O)=O. The summed E-state index contributed by atoms with van der Waals surface area (Å²) in [5, 5.41) is 2.98. The average Bonchev–Trinajstić information content (AvgIpc) is 2.81. The summed E-state index contributed by atoms with van der Waals surface area (Å²) >= 11 is 0.